The number of hydrogen-bond donors (Lipinski definition) is 2. The normalized spacial score (nSPS) is 10.5. The fourth-order valence-corrected chi connectivity index (χ4v) is 1.90. The maximum atomic E-state index is 5.41. The maximum Gasteiger partial charge on any atom is 0.119 e. The van der Waals surface area contributed by atoms with Gasteiger partial charge in [0.2, 0.25) is 0 Å². The van der Waals surface area contributed by atoms with Crippen LogP contribution in [0, 0.1) is 6.92 Å². The molecule has 0 bridgehead atoms. The quantitative estimate of drug-likeness (QED) is 0.815. The van der Waals surface area contributed by atoms with Gasteiger partial charge in [-0.15, -0.1) is 0 Å². The number of aryl methyl sites for hydroxylation is 1. The van der Waals surface area contributed by atoms with Gasteiger partial charge in [0.05, 0.1) is 12.3 Å². The first-order valence-corrected chi connectivity index (χ1v) is 6.27. The first-order valence-electron chi connectivity index (χ1n) is 5.64. The Kier molecular flexibility index (Phi) is 3.74. The SMILES string of the molecule is CCOc1ccc(-c2nc(CS)[nH]c2C)cc1. The van der Waals surface area contributed by atoms with Gasteiger partial charge in [-0.05, 0) is 38.1 Å². The fourth-order valence-electron chi connectivity index (χ4n) is 1.75. The third kappa shape index (κ3) is 2.64. The van der Waals surface area contributed by atoms with E-state index in [0.717, 1.165) is 28.5 Å². The highest BCUT2D eigenvalue weighted by atomic mass is 32.1. The number of imidazole rings is 1. The summed E-state index contributed by atoms with van der Waals surface area (Å²) in [6.45, 7) is 4.68. The number of benzene rings is 1. The number of H-pyrrole nitrogens is 1. The Morgan fingerprint density at radius 3 is 2.53 bits per heavy atom. The van der Waals surface area contributed by atoms with Crippen molar-refractivity contribution >= 4 is 12.6 Å². The molecule has 3 nitrogen and oxygen atoms in total. The van der Waals surface area contributed by atoms with Gasteiger partial charge >= 0.3 is 0 Å². The Hall–Kier alpha value is -1.42. The second-order valence-corrected chi connectivity index (χ2v) is 4.09. The van der Waals surface area contributed by atoms with E-state index in [4.69, 9.17) is 4.74 Å². The molecule has 1 aromatic heterocycles. The van der Waals surface area contributed by atoms with Crippen LogP contribution in [-0.4, -0.2) is 16.6 Å². The van der Waals surface area contributed by atoms with E-state index in [1.807, 2.05) is 38.1 Å². The molecule has 0 unspecified atom stereocenters. The lowest BCUT2D eigenvalue weighted by atomic mass is 10.1. The molecular formula is C13H16N2OS. The minimum atomic E-state index is 0.623. The van der Waals surface area contributed by atoms with Crippen molar-refractivity contribution in [3.63, 3.8) is 0 Å². The topological polar surface area (TPSA) is 37.9 Å². The van der Waals surface area contributed by atoms with Crippen LogP contribution in [0.25, 0.3) is 11.3 Å². The second-order valence-electron chi connectivity index (χ2n) is 3.77. The van der Waals surface area contributed by atoms with Crippen LogP contribution in [0.4, 0.5) is 0 Å². The third-order valence-corrected chi connectivity index (χ3v) is 2.82. The summed E-state index contributed by atoms with van der Waals surface area (Å²) >= 11 is 4.21. The fraction of sp³-hybridized carbons (Fsp3) is 0.308. The average Bonchev–Trinajstić information content (AvgIpc) is 2.72. The maximum absolute atomic E-state index is 5.41. The summed E-state index contributed by atoms with van der Waals surface area (Å²) < 4.78 is 5.41. The van der Waals surface area contributed by atoms with E-state index in [1.54, 1.807) is 0 Å². The molecule has 0 radical (unpaired) electrons. The van der Waals surface area contributed by atoms with E-state index in [1.165, 1.54) is 0 Å². The van der Waals surface area contributed by atoms with Gasteiger partial charge in [-0.3, -0.25) is 0 Å². The molecule has 1 heterocycles. The number of thiol groups is 1. The number of hydrogen-bond acceptors (Lipinski definition) is 3. The summed E-state index contributed by atoms with van der Waals surface area (Å²) in [6, 6.07) is 7.98. The van der Waals surface area contributed by atoms with Crippen LogP contribution in [0.3, 0.4) is 0 Å². The lowest BCUT2D eigenvalue weighted by Gasteiger charge is -2.03. The van der Waals surface area contributed by atoms with Crippen molar-refractivity contribution in [2.45, 2.75) is 19.6 Å². The van der Waals surface area contributed by atoms with Gasteiger partial charge in [0.25, 0.3) is 0 Å². The summed E-state index contributed by atoms with van der Waals surface area (Å²) in [7, 11) is 0. The van der Waals surface area contributed by atoms with E-state index in [0.29, 0.717) is 12.4 Å². The molecule has 0 amide bonds. The third-order valence-electron chi connectivity index (χ3n) is 2.52. The van der Waals surface area contributed by atoms with Crippen molar-refractivity contribution in [1.29, 1.82) is 0 Å². The van der Waals surface area contributed by atoms with Gasteiger partial charge in [0.1, 0.15) is 11.6 Å². The minimum absolute atomic E-state index is 0.623. The van der Waals surface area contributed by atoms with Gasteiger partial charge in [0.15, 0.2) is 0 Å². The summed E-state index contributed by atoms with van der Waals surface area (Å²) in [5.74, 6) is 2.41. The van der Waals surface area contributed by atoms with E-state index >= 15 is 0 Å². The standard InChI is InChI=1S/C13H16N2OS/c1-3-16-11-6-4-10(5-7-11)13-9(2)14-12(8-17)15-13/h4-7,17H,3,8H2,1-2H3,(H,14,15). The van der Waals surface area contributed by atoms with E-state index in [9.17, 15) is 0 Å². The minimum Gasteiger partial charge on any atom is -0.494 e. The molecule has 0 saturated heterocycles. The predicted octanol–water partition coefficient (Wildman–Crippen LogP) is 3.21. The first-order chi connectivity index (χ1) is 8.24. The molecule has 2 rings (SSSR count). The van der Waals surface area contributed by atoms with Gasteiger partial charge < -0.3 is 9.72 Å². The lowest BCUT2D eigenvalue weighted by Crippen LogP contribution is -1.90. The average molecular weight is 248 g/mol. The Morgan fingerprint density at radius 2 is 2.00 bits per heavy atom. The van der Waals surface area contributed by atoms with Gasteiger partial charge in [-0.1, -0.05) is 0 Å². The van der Waals surface area contributed by atoms with Crippen molar-refractivity contribution in [1.82, 2.24) is 9.97 Å². The van der Waals surface area contributed by atoms with E-state index in [-0.39, 0.29) is 0 Å². The molecule has 4 heteroatoms. The summed E-state index contributed by atoms with van der Waals surface area (Å²) in [4.78, 5) is 7.72. The van der Waals surface area contributed by atoms with Crippen LogP contribution in [0.15, 0.2) is 24.3 Å². The lowest BCUT2D eigenvalue weighted by molar-refractivity contribution is 0.340. The van der Waals surface area contributed by atoms with Crippen LogP contribution >= 0.6 is 12.6 Å². The Labute approximate surface area is 107 Å². The number of nitrogens with one attached hydrogen (secondary N) is 1. The van der Waals surface area contributed by atoms with Crippen molar-refractivity contribution < 1.29 is 4.74 Å². The summed E-state index contributed by atoms with van der Waals surface area (Å²) in [5.41, 5.74) is 3.14. The number of nitrogens with zero attached hydrogens (tertiary/aromatic N) is 1. The largest absolute Gasteiger partial charge is 0.494 e. The van der Waals surface area contributed by atoms with E-state index < -0.39 is 0 Å². The van der Waals surface area contributed by atoms with Crippen LogP contribution in [0.5, 0.6) is 5.75 Å². The molecule has 0 fully saturated rings. The zero-order valence-electron chi connectivity index (χ0n) is 10.0. The molecule has 0 spiro atoms. The van der Waals surface area contributed by atoms with Crippen molar-refractivity contribution in [3.8, 4) is 17.0 Å². The molecule has 0 aliphatic rings. The molecule has 0 aliphatic carbocycles. The smallest absolute Gasteiger partial charge is 0.119 e. The van der Waals surface area contributed by atoms with Gasteiger partial charge in [0, 0.05) is 17.0 Å². The molecule has 90 valence electrons. The molecule has 2 aromatic rings. The summed E-state index contributed by atoms with van der Waals surface area (Å²) in [5, 5.41) is 0. The molecule has 0 atom stereocenters. The Bertz CT molecular complexity index is 491. The number of aromatic nitrogens is 2. The van der Waals surface area contributed by atoms with Gasteiger partial charge in [-0.25, -0.2) is 4.98 Å². The van der Waals surface area contributed by atoms with Crippen molar-refractivity contribution in [3.05, 3.63) is 35.8 Å². The van der Waals surface area contributed by atoms with Crippen molar-refractivity contribution in [2.75, 3.05) is 6.61 Å². The molecule has 1 N–H and O–H groups in total. The van der Waals surface area contributed by atoms with Crippen molar-refractivity contribution in [2.24, 2.45) is 0 Å². The highest BCUT2D eigenvalue weighted by Crippen LogP contribution is 2.24. The highest BCUT2D eigenvalue weighted by Gasteiger charge is 2.07. The van der Waals surface area contributed by atoms with Crippen LogP contribution < -0.4 is 4.74 Å². The highest BCUT2D eigenvalue weighted by molar-refractivity contribution is 7.79. The Balaban J connectivity index is 2.29. The van der Waals surface area contributed by atoms with Gasteiger partial charge in [-0.2, -0.15) is 12.6 Å². The monoisotopic (exact) mass is 248 g/mol. The molecule has 0 saturated carbocycles. The zero-order valence-corrected chi connectivity index (χ0v) is 10.9. The predicted molar refractivity (Wildman–Crippen MR) is 72.6 cm³/mol. The van der Waals surface area contributed by atoms with Crippen LogP contribution in [0.1, 0.15) is 18.4 Å². The molecule has 0 aliphatic heterocycles. The number of aromatic amines is 1. The Morgan fingerprint density at radius 1 is 1.29 bits per heavy atom. The summed E-state index contributed by atoms with van der Waals surface area (Å²) in [6.07, 6.45) is 0. The first kappa shape index (κ1) is 12.0. The second kappa shape index (κ2) is 5.27. The molecular weight excluding hydrogens is 232 g/mol. The van der Waals surface area contributed by atoms with Crippen LogP contribution in [-0.2, 0) is 5.75 Å². The molecule has 17 heavy (non-hydrogen) atoms. The number of ether oxygens (including phenoxy) is 1. The number of rotatable bonds is 4. The molecule has 1 aromatic carbocycles. The van der Waals surface area contributed by atoms with Crippen LogP contribution in [0.2, 0.25) is 0 Å². The van der Waals surface area contributed by atoms with E-state index in [2.05, 4.69) is 22.6 Å². The zero-order chi connectivity index (χ0) is 12.3.